The first kappa shape index (κ1) is 17.5. The van der Waals surface area contributed by atoms with Crippen LogP contribution in [0.25, 0.3) is 0 Å². The largest absolute Gasteiger partial charge is 0.487 e. The third-order valence-corrected chi connectivity index (χ3v) is 3.02. The fourth-order valence-electron chi connectivity index (χ4n) is 2.03. The SMILES string of the molecule is CCOC(=O)c1cccc(C(=O)Oc2ccccc2OC(C)C)c1. The summed E-state index contributed by atoms with van der Waals surface area (Å²) in [5, 5.41) is 0. The first-order valence-electron chi connectivity index (χ1n) is 7.76. The van der Waals surface area contributed by atoms with E-state index in [0.29, 0.717) is 17.1 Å². The lowest BCUT2D eigenvalue weighted by Gasteiger charge is -2.14. The molecule has 0 amide bonds. The van der Waals surface area contributed by atoms with Gasteiger partial charge in [-0.15, -0.1) is 0 Å². The van der Waals surface area contributed by atoms with Crippen molar-refractivity contribution < 1.29 is 23.8 Å². The van der Waals surface area contributed by atoms with Crippen molar-refractivity contribution in [1.29, 1.82) is 0 Å². The Hall–Kier alpha value is -2.82. The summed E-state index contributed by atoms with van der Waals surface area (Å²) in [4.78, 5) is 24.1. The number of para-hydroxylation sites is 2. The van der Waals surface area contributed by atoms with Crippen molar-refractivity contribution in [3.63, 3.8) is 0 Å². The number of carbonyl (C=O) groups is 2. The Balaban J connectivity index is 2.19. The summed E-state index contributed by atoms with van der Waals surface area (Å²) < 4.78 is 16.0. The molecular formula is C19H20O5. The molecule has 0 spiro atoms. The Morgan fingerprint density at radius 1 is 0.917 bits per heavy atom. The Labute approximate surface area is 141 Å². The molecule has 0 radical (unpaired) electrons. The van der Waals surface area contributed by atoms with Crippen molar-refractivity contribution >= 4 is 11.9 Å². The van der Waals surface area contributed by atoms with Crippen LogP contribution < -0.4 is 9.47 Å². The average Bonchev–Trinajstić information content (AvgIpc) is 2.56. The number of hydrogen-bond donors (Lipinski definition) is 0. The van der Waals surface area contributed by atoms with E-state index in [1.165, 1.54) is 6.07 Å². The highest BCUT2D eigenvalue weighted by atomic mass is 16.6. The van der Waals surface area contributed by atoms with Gasteiger partial charge in [0, 0.05) is 0 Å². The van der Waals surface area contributed by atoms with Crippen molar-refractivity contribution in [2.24, 2.45) is 0 Å². The van der Waals surface area contributed by atoms with Gasteiger partial charge in [-0.05, 0) is 51.1 Å². The zero-order valence-corrected chi connectivity index (χ0v) is 13.9. The molecular weight excluding hydrogens is 308 g/mol. The van der Waals surface area contributed by atoms with Gasteiger partial charge in [-0.2, -0.15) is 0 Å². The second kappa shape index (κ2) is 8.15. The van der Waals surface area contributed by atoms with Gasteiger partial charge in [0.15, 0.2) is 11.5 Å². The van der Waals surface area contributed by atoms with E-state index in [4.69, 9.17) is 14.2 Å². The second-order valence-electron chi connectivity index (χ2n) is 5.30. The highest BCUT2D eigenvalue weighted by Gasteiger charge is 2.15. The lowest BCUT2D eigenvalue weighted by atomic mass is 10.1. The summed E-state index contributed by atoms with van der Waals surface area (Å²) in [5.41, 5.74) is 0.568. The topological polar surface area (TPSA) is 61.8 Å². The van der Waals surface area contributed by atoms with Crippen LogP contribution in [0.2, 0.25) is 0 Å². The normalized spacial score (nSPS) is 10.3. The molecule has 0 unspecified atom stereocenters. The maximum absolute atomic E-state index is 12.4. The molecule has 0 aromatic heterocycles. The first-order valence-corrected chi connectivity index (χ1v) is 7.76. The molecule has 0 saturated carbocycles. The van der Waals surface area contributed by atoms with Gasteiger partial charge in [-0.1, -0.05) is 18.2 Å². The molecule has 0 aliphatic heterocycles. The highest BCUT2D eigenvalue weighted by molar-refractivity contribution is 5.96. The van der Waals surface area contributed by atoms with Crippen LogP contribution in [0.15, 0.2) is 48.5 Å². The van der Waals surface area contributed by atoms with Gasteiger partial charge in [0.1, 0.15) is 0 Å². The molecule has 2 aromatic rings. The van der Waals surface area contributed by atoms with Crippen molar-refractivity contribution in [2.75, 3.05) is 6.61 Å². The molecule has 5 nitrogen and oxygen atoms in total. The number of esters is 2. The molecule has 0 saturated heterocycles. The molecule has 2 rings (SSSR count). The predicted octanol–water partition coefficient (Wildman–Crippen LogP) is 3.87. The van der Waals surface area contributed by atoms with Crippen LogP contribution in [-0.4, -0.2) is 24.6 Å². The summed E-state index contributed by atoms with van der Waals surface area (Å²) in [6, 6.07) is 13.2. The summed E-state index contributed by atoms with van der Waals surface area (Å²) in [6.45, 7) is 5.78. The van der Waals surface area contributed by atoms with Crippen molar-refractivity contribution in [2.45, 2.75) is 26.9 Å². The van der Waals surface area contributed by atoms with Crippen LogP contribution in [0.5, 0.6) is 11.5 Å². The van der Waals surface area contributed by atoms with Gasteiger partial charge in [0.2, 0.25) is 0 Å². The average molecular weight is 328 g/mol. The molecule has 5 heteroatoms. The number of rotatable bonds is 6. The predicted molar refractivity (Wildman–Crippen MR) is 89.6 cm³/mol. The lowest BCUT2D eigenvalue weighted by molar-refractivity contribution is 0.0526. The van der Waals surface area contributed by atoms with Crippen molar-refractivity contribution in [1.82, 2.24) is 0 Å². The molecule has 0 aliphatic rings. The van der Waals surface area contributed by atoms with Gasteiger partial charge in [-0.3, -0.25) is 0 Å². The van der Waals surface area contributed by atoms with E-state index in [9.17, 15) is 9.59 Å². The Morgan fingerprint density at radius 3 is 2.17 bits per heavy atom. The molecule has 24 heavy (non-hydrogen) atoms. The van der Waals surface area contributed by atoms with Crippen LogP contribution >= 0.6 is 0 Å². The van der Waals surface area contributed by atoms with E-state index in [0.717, 1.165) is 0 Å². The van der Waals surface area contributed by atoms with E-state index in [1.54, 1.807) is 49.4 Å². The van der Waals surface area contributed by atoms with Gasteiger partial charge < -0.3 is 14.2 Å². The number of ether oxygens (including phenoxy) is 3. The zero-order valence-electron chi connectivity index (χ0n) is 13.9. The minimum Gasteiger partial charge on any atom is -0.487 e. The summed E-state index contributed by atoms with van der Waals surface area (Å²) in [5.74, 6) is -0.225. The minimum atomic E-state index is -0.569. The molecule has 0 bridgehead atoms. The third-order valence-electron chi connectivity index (χ3n) is 3.02. The number of hydrogen-bond acceptors (Lipinski definition) is 5. The minimum absolute atomic E-state index is 0.0444. The number of carbonyl (C=O) groups excluding carboxylic acids is 2. The molecule has 0 atom stereocenters. The van der Waals surface area contributed by atoms with Crippen LogP contribution in [0.1, 0.15) is 41.5 Å². The van der Waals surface area contributed by atoms with E-state index in [-0.39, 0.29) is 18.3 Å². The first-order chi connectivity index (χ1) is 11.5. The van der Waals surface area contributed by atoms with Crippen LogP contribution in [0, 0.1) is 0 Å². The van der Waals surface area contributed by atoms with E-state index in [2.05, 4.69) is 0 Å². The van der Waals surface area contributed by atoms with Crippen LogP contribution in [0.4, 0.5) is 0 Å². The standard InChI is InChI=1S/C19H20O5/c1-4-22-18(20)14-8-7-9-15(12-14)19(21)24-17-11-6-5-10-16(17)23-13(2)3/h5-13H,4H2,1-3H3. The number of benzene rings is 2. The molecule has 126 valence electrons. The monoisotopic (exact) mass is 328 g/mol. The van der Waals surface area contributed by atoms with E-state index in [1.807, 2.05) is 13.8 Å². The van der Waals surface area contributed by atoms with Gasteiger partial charge in [0.05, 0.1) is 23.8 Å². The van der Waals surface area contributed by atoms with Gasteiger partial charge >= 0.3 is 11.9 Å². The quantitative estimate of drug-likeness (QED) is 0.595. The third kappa shape index (κ3) is 4.59. The fourth-order valence-corrected chi connectivity index (χ4v) is 2.03. The zero-order chi connectivity index (χ0) is 17.5. The van der Waals surface area contributed by atoms with Crippen molar-refractivity contribution in [3.8, 4) is 11.5 Å². The maximum Gasteiger partial charge on any atom is 0.343 e. The Kier molecular flexibility index (Phi) is 5.95. The maximum atomic E-state index is 12.4. The fraction of sp³-hybridized carbons (Fsp3) is 0.263. The molecule has 0 fully saturated rings. The smallest absolute Gasteiger partial charge is 0.343 e. The molecule has 2 aromatic carbocycles. The molecule has 0 aliphatic carbocycles. The Bertz CT molecular complexity index is 721. The highest BCUT2D eigenvalue weighted by Crippen LogP contribution is 2.28. The Morgan fingerprint density at radius 2 is 1.54 bits per heavy atom. The summed E-state index contributed by atoms with van der Waals surface area (Å²) >= 11 is 0. The van der Waals surface area contributed by atoms with Crippen LogP contribution in [0.3, 0.4) is 0 Å². The summed E-state index contributed by atoms with van der Waals surface area (Å²) in [6.07, 6.45) is -0.0444. The second-order valence-corrected chi connectivity index (χ2v) is 5.30. The summed E-state index contributed by atoms with van der Waals surface area (Å²) in [7, 11) is 0. The van der Waals surface area contributed by atoms with Crippen LogP contribution in [-0.2, 0) is 4.74 Å². The molecule has 0 heterocycles. The lowest BCUT2D eigenvalue weighted by Crippen LogP contribution is -2.13. The van der Waals surface area contributed by atoms with E-state index < -0.39 is 11.9 Å². The van der Waals surface area contributed by atoms with E-state index >= 15 is 0 Å². The molecule has 0 N–H and O–H groups in total. The van der Waals surface area contributed by atoms with Gasteiger partial charge in [-0.25, -0.2) is 9.59 Å². The van der Waals surface area contributed by atoms with Gasteiger partial charge in [0.25, 0.3) is 0 Å². The van der Waals surface area contributed by atoms with Crippen molar-refractivity contribution in [3.05, 3.63) is 59.7 Å².